The maximum atomic E-state index is 13.2. The van der Waals surface area contributed by atoms with E-state index in [2.05, 4.69) is 27.9 Å². The van der Waals surface area contributed by atoms with E-state index in [1.165, 1.54) is 0 Å². The number of nitrogens with zero attached hydrogens (tertiary/aromatic N) is 3. The molecular formula is C27H22ClN3O2. The van der Waals surface area contributed by atoms with Crippen LogP contribution < -0.4 is 0 Å². The van der Waals surface area contributed by atoms with Gasteiger partial charge in [-0.25, -0.2) is 0 Å². The molecule has 7 rings (SSSR count). The molecule has 4 aliphatic rings. The number of carbonyl (C=O) groups excluding carboxylic acids is 2. The molecule has 33 heavy (non-hydrogen) atoms. The topological polar surface area (TPSA) is 54.7 Å². The molecule has 1 aliphatic heterocycles. The first kappa shape index (κ1) is 19.3. The monoisotopic (exact) mass is 455 g/mol. The number of hydrazone groups is 1. The maximum Gasteiger partial charge on any atom is 0.254 e. The molecule has 2 aromatic carbocycles. The number of rotatable bonds is 4. The van der Waals surface area contributed by atoms with Gasteiger partial charge in [-0.05, 0) is 47.8 Å². The summed E-state index contributed by atoms with van der Waals surface area (Å²) in [6.45, 7) is 0.622. The summed E-state index contributed by atoms with van der Waals surface area (Å²) in [5.74, 6) is -0.306. The summed E-state index contributed by atoms with van der Waals surface area (Å²) in [7, 11) is 0. The normalized spacial score (nSPS) is 28.7. The van der Waals surface area contributed by atoms with Crippen molar-refractivity contribution in [2.75, 3.05) is 0 Å². The SMILES string of the molecule is O=C1[C@@H]2[C@H](C(=O)N1/N=C\c1cn(Cc3ccccc3Cl)c3ccccc13)[C@H]1C=C[C@H]2C12CC2. The van der Waals surface area contributed by atoms with Crippen molar-refractivity contribution < 1.29 is 9.59 Å². The molecule has 3 fully saturated rings. The van der Waals surface area contributed by atoms with Crippen LogP contribution in [0, 0.1) is 29.1 Å². The van der Waals surface area contributed by atoms with Crippen molar-refractivity contribution in [1.29, 1.82) is 0 Å². The Morgan fingerprint density at radius 1 is 0.970 bits per heavy atom. The minimum absolute atomic E-state index is 0.135. The van der Waals surface area contributed by atoms with E-state index >= 15 is 0 Å². The Labute approximate surface area is 196 Å². The van der Waals surface area contributed by atoms with Crippen LogP contribution in [0.4, 0.5) is 0 Å². The fourth-order valence-electron chi connectivity index (χ4n) is 6.62. The minimum Gasteiger partial charge on any atom is -0.342 e. The largest absolute Gasteiger partial charge is 0.342 e. The van der Waals surface area contributed by atoms with Gasteiger partial charge in [0.25, 0.3) is 11.8 Å². The van der Waals surface area contributed by atoms with E-state index in [9.17, 15) is 9.59 Å². The molecule has 1 aromatic heterocycles. The van der Waals surface area contributed by atoms with Crippen molar-refractivity contribution in [3.63, 3.8) is 0 Å². The van der Waals surface area contributed by atoms with E-state index in [0.717, 1.165) is 44.9 Å². The average molecular weight is 456 g/mol. The van der Waals surface area contributed by atoms with E-state index in [0.29, 0.717) is 6.54 Å². The third kappa shape index (κ3) is 2.57. The van der Waals surface area contributed by atoms with Crippen LogP contribution in [-0.2, 0) is 16.1 Å². The maximum absolute atomic E-state index is 13.2. The molecule has 5 nitrogen and oxygen atoms in total. The van der Waals surface area contributed by atoms with E-state index in [-0.39, 0.29) is 40.9 Å². The second kappa shape index (κ2) is 6.67. The third-order valence-electron chi connectivity index (χ3n) is 8.26. The number of hydrogen-bond donors (Lipinski definition) is 0. The molecule has 1 spiro atoms. The standard InChI is InChI=1S/C27H22ClN3O2/c28-21-7-3-1-5-16(21)14-30-15-17(18-6-2-4-8-22(18)30)13-29-31-25(32)23-19-9-10-20(24(23)26(31)33)27(19)11-12-27/h1-10,13,15,19-20,23-24H,11-12,14H2/b29-13-/t19-,20-,23-,24+/m1/s1. The smallest absolute Gasteiger partial charge is 0.254 e. The molecule has 164 valence electrons. The van der Waals surface area contributed by atoms with Gasteiger partial charge in [-0.2, -0.15) is 10.1 Å². The number of imide groups is 1. The Hall–Kier alpha value is -3.18. The van der Waals surface area contributed by atoms with Gasteiger partial charge in [-0.15, -0.1) is 0 Å². The average Bonchev–Trinajstić information content (AvgIpc) is 3.27. The van der Waals surface area contributed by atoms with Crippen molar-refractivity contribution >= 4 is 40.5 Å². The van der Waals surface area contributed by atoms with Gasteiger partial charge in [0.1, 0.15) is 0 Å². The van der Waals surface area contributed by atoms with E-state index in [4.69, 9.17) is 11.6 Å². The number of halogens is 1. The summed E-state index contributed by atoms with van der Waals surface area (Å²) in [5, 5.41) is 7.31. The number of benzene rings is 2. The lowest BCUT2D eigenvalue weighted by Gasteiger charge is -2.18. The molecule has 2 bridgehead atoms. The highest BCUT2D eigenvalue weighted by molar-refractivity contribution is 6.31. The van der Waals surface area contributed by atoms with Gasteiger partial charge >= 0.3 is 0 Å². The summed E-state index contributed by atoms with van der Waals surface area (Å²) < 4.78 is 2.13. The van der Waals surface area contributed by atoms with Crippen LogP contribution in [0.1, 0.15) is 24.0 Å². The molecule has 1 saturated heterocycles. The van der Waals surface area contributed by atoms with Gasteiger partial charge in [-0.1, -0.05) is 60.2 Å². The second-order valence-electron chi connectivity index (χ2n) is 9.77. The summed E-state index contributed by atoms with van der Waals surface area (Å²) in [4.78, 5) is 26.4. The molecule has 6 heteroatoms. The summed E-state index contributed by atoms with van der Waals surface area (Å²) >= 11 is 6.38. The summed E-state index contributed by atoms with van der Waals surface area (Å²) in [6, 6.07) is 15.9. The lowest BCUT2D eigenvalue weighted by molar-refractivity contribution is -0.141. The Morgan fingerprint density at radius 3 is 2.33 bits per heavy atom. The first-order valence-corrected chi connectivity index (χ1v) is 11.9. The van der Waals surface area contributed by atoms with Gasteiger partial charge in [-0.3, -0.25) is 9.59 Å². The molecular weight excluding hydrogens is 434 g/mol. The van der Waals surface area contributed by atoms with Gasteiger partial charge in [0.2, 0.25) is 0 Å². The zero-order chi connectivity index (χ0) is 22.3. The van der Waals surface area contributed by atoms with Gasteiger partial charge in [0.15, 0.2) is 0 Å². The van der Waals surface area contributed by atoms with Crippen LogP contribution in [0.15, 0.2) is 72.0 Å². The molecule has 0 N–H and O–H groups in total. The predicted molar refractivity (Wildman–Crippen MR) is 127 cm³/mol. The summed E-state index contributed by atoms with van der Waals surface area (Å²) in [6.07, 6.45) is 10.3. The Morgan fingerprint density at radius 2 is 1.64 bits per heavy atom. The Bertz CT molecular complexity index is 1370. The van der Waals surface area contributed by atoms with Crippen LogP contribution in [0.2, 0.25) is 5.02 Å². The Balaban J connectivity index is 1.21. The molecule has 3 aromatic rings. The molecule has 0 unspecified atom stereocenters. The molecule has 2 saturated carbocycles. The number of para-hydroxylation sites is 1. The molecule has 2 heterocycles. The van der Waals surface area contributed by atoms with E-state index in [1.807, 2.05) is 48.7 Å². The highest BCUT2D eigenvalue weighted by Crippen LogP contribution is 2.73. The fraction of sp³-hybridized carbons (Fsp3) is 0.296. The van der Waals surface area contributed by atoms with Gasteiger partial charge in [0, 0.05) is 34.2 Å². The van der Waals surface area contributed by atoms with Crippen molar-refractivity contribution in [2.24, 2.45) is 34.2 Å². The fourth-order valence-corrected chi connectivity index (χ4v) is 6.81. The molecule has 2 amide bonds. The van der Waals surface area contributed by atoms with Crippen LogP contribution in [0.25, 0.3) is 10.9 Å². The molecule has 0 radical (unpaired) electrons. The number of carbonyl (C=O) groups is 2. The van der Waals surface area contributed by atoms with Crippen LogP contribution in [-0.4, -0.2) is 27.6 Å². The zero-order valence-corrected chi connectivity index (χ0v) is 18.7. The number of aromatic nitrogens is 1. The van der Waals surface area contributed by atoms with Crippen molar-refractivity contribution in [3.05, 3.63) is 83.0 Å². The van der Waals surface area contributed by atoms with Crippen molar-refractivity contribution in [1.82, 2.24) is 9.58 Å². The van der Waals surface area contributed by atoms with Crippen molar-refractivity contribution in [3.8, 4) is 0 Å². The molecule has 4 atom stereocenters. The third-order valence-corrected chi connectivity index (χ3v) is 8.63. The number of fused-ring (bicyclic) bond motifs is 4. The van der Waals surface area contributed by atoms with E-state index in [1.54, 1.807) is 6.21 Å². The molecule has 3 aliphatic carbocycles. The zero-order valence-electron chi connectivity index (χ0n) is 17.9. The second-order valence-corrected chi connectivity index (χ2v) is 10.2. The number of allylic oxidation sites excluding steroid dienone is 2. The Kier molecular flexibility index (Phi) is 3.90. The predicted octanol–water partition coefficient (Wildman–Crippen LogP) is 4.87. The number of hydrogen-bond acceptors (Lipinski definition) is 3. The van der Waals surface area contributed by atoms with Crippen LogP contribution in [0.5, 0.6) is 0 Å². The van der Waals surface area contributed by atoms with Gasteiger partial charge in [0.05, 0.1) is 18.1 Å². The van der Waals surface area contributed by atoms with E-state index < -0.39 is 0 Å². The van der Waals surface area contributed by atoms with Crippen LogP contribution >= 0.6 is 11.6 Å². The summed E-state index contributed by atoms with van der Waals surface area (Å²) in [5.41, 5.74) is 3.14. The lowest BCUT2D eigenvalue weighted by atomic mass is 9.85. The lowest BCUT2D eigenvalue weighted by Crippen LogP contribution is -2.30. The van der Waals surface area contributed by atoms with Gasteiger partial charge < -0.3 is 4.57 Å². The van der Waals surface area contributed by atoms with Crippen molar-refractivity contribution in [2.45, 2.75) is 19.4 Å². The first-order valence-electron chi connectivity index (χ1n) is 11.5. The number of amides is 2. The quantitative estimate of drug-likeness (QED) is 0.320. The highest BCUT2D eigenvalue weighted by atomic mass is 35.5. The highest BCUT2D eigenvalue weighted by Gasteiger charge is 2.73. The van der Waals surface area contributed by atoms with Crippen LogP contribution in [0.3, 0.4) is 0 Å². The minimum atomic E-state index is -0.228. The first-order chi connectivity index (χ1) is 16.1.